The Balaban J connectivity index is -0.00000000533. The molecule has 0 unspecified atom stereocenters. The van der Waals surface area contributed by atoms with Crippen molar-refractivity contribution in [2.75, 3.05) is 0 Å². The van der Waals surface area contributed by atoms with Crippen LogP contribution in [0.15, 0.2) is 0 Å². The van der Waals surface area contributed by atoms with Crippen LogP contribution in [0, 0.1) is 0 Å². The van der Waals surface area contributed by atoms with Gasteiger partial charge in [-0.25, -0.2) is 0 Å². The Morgan fingerprint density at radius 2 is 0.545 bits per heavy atom. The molecule has 8 radical (unpaired) electrons. The van der Waals surface area contributed by atoms with Crippen LogP contribution in [-0.4, -0.2) is 118 Å². The summed E-state index contributed by atoms with van der Waals surface area (Å²) in [6, 6.07) is 0. The third-order valence-electron chi connectivity index (χ3n) is 0. The Kier molecular flexibility index (Phi) is 99.4. The molecule has 0 spiro atoms. The van der Waals surface area contributed by atoms with E-state index in [4.69, 9.17) is 19.2 Å². The van der Waals surface area contributed by atoms with E-state index >= 15 is 0 Å². The summed E-state index contributed by atoms with van der Waals surface area (Å²) in [5, 5.41) is 0. The predicted molar refractivity (Wildman–Crippen MR) is 30.1 cm³/mol. The maximum absolute atomic E-state index is 8.58. The first-order valence-corrected chi connectivity index (χ1v) is 2.45. The van der Waals surface area contributed by atoms with Crippen LogP contribution < -0.4 is 19.2 Å². The fraction of sp³-hybridized carbons (Fsp3) is 0. The van der Waals surface area contributed by atoms with Gasteiger partial charge >= 0.3 is 109 Å². The van der Waals surface area contributed by atoms with Crippen LogP contribution in [0.2, 0.25) is 0 Å². The van der Waals surface area contributed by atoms with Crippen LogP contribution in [0.3, 0.4) is 0 Å². The summed E-state index contributed by atoms with van der Waals surface area (Å²) in [7, 11) is -5.61. The summed E-state index contributed by atoms with van der Waals surface area (Å²) in [6.45, 7) is 0. The van der Waals surface area contributed by atoms with Crippen molar-refractivity contribution >= 4 is 118 Å². The first-order chi connectivity index (χ1) is 2.00. The van der Waals surface area contributed by atoms with Gasteiger partial charge in [-0.15, -0.1) is 0 Å². The molecule has 0 rings (SSSR count). The molecule has 11 heavy (non-hydrogen) atoms. The minimum atomic E-state index is -5.61. The second-order valence-corrected chi connectivity index (χ2v) is 1.50. The summed E-state index contributed by atoms with van der Waals surface area (Å²) >= 11 is 0. The zero-order chi connectivity index (χ0) is 4.50. The summed E-state index contributed by atoms with van der Waals surface area (Å²) < 4.78 is 0. The molecule has 6 nitrogen and oxygen atoms in total. The van der Waals surface area contributed by atoms with Gasteiger partial charge in [0.05, 0.1) is 0 Å². The Morgan fingerprint density at radius 3 is 0.545 bits per heavy atom. The molecule has 0 aliphatic carbocycles. The van der Waals surface area contributed by atoms with E-state index in [2.05, 4.69) is 0 Å². The van der Waals surface area contributed by atoms with Gasteiger partial charge in [0.25, 0.3) is 0 Å². The SMILES string of the molecule is [O-2].[O-2].[O-][Si]([O-])([O-])[O-].[Pb+2].[Pb+2].[Pb+2].[Pb+2]. The van der Waals surface area contributed by atoms with Crippen LogP contribution in [0.1, 0.15) is 0 Å². The van der Waals surface area contributed by atoms with Crippen LogP contribution >= 0.6 is 0 Å². The van der Waals surface area contributed by atoms with Crippen molar-refractivity contribution in [2.24, 2.45) is 0 Å². The average molecular weight is 953 g/mol. The first kappa shape index (κ1) is 46.6. The van der Waals surface area contributed by atoms with Gasteiger partial charge in [-0.1, -0.05) is 0 Å². The zero-order valence-electron chi connectivity index (χ0n) is 4.95. The van der Waals surface area contributed by atoms with E-state index in [9.17, 15) is 0 Å². The standard InChI is InChI=1S/O4Si.2O.4Pb/c1-5(2,3)4;;;;;;/q-4;2*-2;4*+2. The third-order valence-corrected chi connectivity index (χ3v) is 0. The fourth-order valence-electron chi connectivity index (χ4n) is 0. The normalized spacial score (nSPS) is 5.45. The minimum absolute atomic E-state index is 0. The maximum atomic E-state index is 8.58. The molecule has 0 aliphatic heterocycles. The first-order valence-electron chi connectivity index (χ1n) is 0.816. The molecule has 0 bridgehead atoms. The maximum Gasteiger partial charge on any atom is 2.00 e. The second kappa shape index (κ2) is 23.5. The Morgan fingerprint density at radius 1 is 0.545 bits per heavy atom. The molecule has 0 N–H and O–H groups in total. The Hall–Kier alpha value is 3.67. The van der Waals surface area contributed by atoms with Gasteiger partial charge in [0, 0.05) is 0 Å². The van der Waals surface area contributed by atoms with Crippen molar-refractivity contribution in [3.63, 3.8) is 0 Å². The molecule has 0 aromatic heterocycles. The van der Waals surface area contributed by atoms with E-state index in [0.717, 1.165) is 0 Å². The molecule has 0 saturated heterocycles. The van der Waals surface area contributed by atoms with E-state index in [1.165, 1.54) is 0 Å². The second-order valence-electron chi connectivity index (χ2n) is 0.500. The van der Waals surface area contributed by atoms with E-state index < -0.39 is 9.05 Å². The summed E-state index contributed by atoms with van der Waals surface area (Å²) in [5.74, 6) is 0. The van der Waals surface area contributed by atoms with Gasteiger partial charge < -0.3 is 39.2 Å². The van der Waals surface area contributed by atoms with Gasteiger partial charge in [-0.05, 0) is 0 Å². The molecular weight excluding hydrogens is 953 g/mol. The quantitative estimate of drug-likeness (QED) is 0.222. The Bertz CT molecular complexity index is 30.1. The van der Waals surface area contributed by atoms with Crippen molar-refractivity contribution < 1.29 is 30.1 Å². The van der Waals surface area contributed by atoms with Crippen molar-refractivity contribution in [2.45, 2.75) is 0 Å². The summed E-state index contributed by atoms with van der Waals surface area (Å²) in [5.41, 5.74) is 0. The van der Waals surface area contributed by atoms with Crippen LogP contribution in [-0.2, 0) is 11.0 Å². The Labute approximate surface area is 146 Å². The molecule has 0 atom stereocenters. The predicted octanol–water partition coefficient (Wildman–Crippen LogP) is -6.90. The van der Waals surface area contributed by atoms with E-state index in [0.29, 0.717) is 0 Å². The topological polar surface area (TPSA) is 149 Å². The molecule has 0 aromatic rings. The van der Waals surface area contributed by atoms with E-state index in [1.807, 2.05) is 0 Å². The molecule has 0 amide bonds. The monoisotopic (exact) mass is 956 g/mol. The molecule has 0 aromatic carbocycles. The minimum Gasteiger partial charge on any atom is -2.00 e. The smallest absolute Gasteiger partial charge is 2.00 e. The zero-order valence-corrected chi connectivity index (χ0v) is 21.5. The largest absolute Gasteiger partial charge is 2.00 e. The molecule has 0 fully saturated rings. The van der Waals surface area contributed by atoms with Gasteiger partial charge in [0.1, 0.15) is 0 Å². The van der Waals surface area contributed by atoms with Crippen molar-refractivity contribution in [3.05, 3.63) is 0 Å². The van der Waals surface area contributed by atoms with Crippen LogP contribution in [0.4, 0.5) is 0 Å². The molecule has 0 heterocycles. The molecular formula is O6Pb4Si. The number of hydrogen-bond acceptors (Lipinski definition) is 4. The fourth-order valence-corrected chi connectivity index (χ4v) is 0. The van der Waals surface area contributed by atoms with Crippen molar-refractivity contribution in [1.82, 2.24) is 0 Å². The average Bonchev–Trinajstić information content (AvgIpc) is 0.722. The van der Waals surface area contributed by atoms with Gasteiger partial charge in [0.15, 0.2) is 0 Å². The molecule has 0 saturated carbocycles. The van der Waals surface area contributed by atoms with Gasteiger partial charge in [-0.2, -0.15) is 0 Å². The van der Waals surface area contributed by atoms with Crippen molar-refractivity contribution in [3.8, 4) is 0 Å². The summed E-state index contributed by atoms with van der Waals surface area (Å²) in [4.78, 5) is 34.3. The van der Waals surface area contributed by atoms with Gasteiger partial charge in [-0.3, -0.25) is 0 Å². The summed E-state index contributed by atoms with van der Waals surface area (Å²) in [6.07, 6.45) is 0. The third kappa shape index (κ3) is 138. The molecule has 56 valence electrons. The van der Waals surface area contributed by atoms with E-state index in [1.54, 1.807) is 0 Å². The number of rotatable bonds is 0. The van der Waals surface area contributed by atoms with Gasteiger partial charge in [0.2, 0.25) is 0 Å². The van der Waals surface area contributed by atoms with Crippen molar-refractivity contribution in [1.29, 1.82) is 0 Å². The van der Waals surface area contributed by atoms with E-state index in [-0.39, 0.29) is 120 Å². The van der Waals surface area contributed by atoms with Crippen LogP contribution in [0.25, 0.3) is 0 Å². The van der Waals surface area contributed by atoms with Crippen LogP contribution in [0.5, 0.6) is 0 Å². The molecule has 11 heteroatoms. The number of hydrogen-bond donors (Lipinski definition) is 0. The molecule has 0 aliphatic rings.